The van der Waals surface area contributed by atoms with Gasteiger partial charge in [-0.2, -0.15) is 5.10 Å². The molecule has 2 aliphatic carbocycles. The van der Waals surface area contributed by atoms with Gasteiger partial charge >= 0.3 is 5.97 Å². The summed E-state index contributed by atoms with van der Waals surface area (Å²) < 4.78 is 12.0. The third-order valence-corrected chi connectivity index (χ3v) is 8.58. The molecule has 1 aliphatic heterocycles. The van der Waals surface area contributed by atoms with Crippen LogP contribution in [-0.4, -0.2) is 30.0 Å². The molecular weight excluding hydrogens is 508 g/mol. The van der Waals surface area contributed by atoms with E-state index in [0.717, 1.165) is 53.3 Å². The number of carboxylic acids is 1. The molecule has 0 bridgehead atoms. The van der Waals surface area contributed by atoms with Gasteiger partial charge in [0.05, 0.1) is 30.0 Å². The van der Waals surface area contributed by atoms with Crippen molar-refractivity contribution in [3.05, 3.63) is 102 Å². The molecule has 6 nitrogen and oxygen atoms in total. The summed E-state index contributed by atoms with van der Waals surface area (Å²) in [6.45, 7) is 5.03. The molecule has 202 valence electrons. The summed E-state index contributed by atoms with van der Waals surface area (Å²) in [5.41, 5.74) is 7.00. The summed E-state index contributed by atoms with van der Waals surface area (Å²) in [6, 6.07) is 13.8. The van der Waals surface area contributed by atoms with Gasteiger partial charge in [-0.15, -0.1) is 11.8 Å². The van der Waals surface area contributed by atoms with Crippen LogP contribution < -0.4 is 14.9 Å². The van der Waals surface area contributed by atoms with Crippen molar-refractivity contribution in [3.8, 4) is 11.5 Å². The molecule has 39 heavy (non-hydrogen) atoms. The van der Waals surface area contributed by atoms with Crippen LogP contribution in [0.3, 0.4) is 0 Å². The Labute approximate surface area is 234 Å². The maximum atomic E-state index is 11.9. The Bertz CT molecular complexity index is 1310. The van der Waals surface area contributed by atoms with Gasteiger partial charge in [-0.05, 0) is 71.7 Å². The molecule has 0 aromatic heterocycles. The van der Waals surface area contributed by atoms with Crippen LogP contribution in [0.2, 0.25) is 0 Å². The van der Waals surface area contributed by atoms with E-state index in [2.05, 4.69) is 40.7 Å². The van der Waals surface area contributed by atoms with Crippen LogP contribution in [-0.2, 0) is 10.2 Å². The minimum Gasteiger partial charge on any atom is -0.493 e. The number of anilines is 1. The summed E-state index contributed by atoms with van der Waals surface area (Å²) in [4.78, 5) is 11.9. The second-order valence-corrected chi connectivity index (χ2v) is 11.1. The van der Waals surface area contributed by atoms with Crippen molar-refractivity contribution in [1.82, 2.24) is 0 Å². The SMILES string of the molecule is C=C1C=CC=C/C1=N/Nc1cc(C2CC=CS2)ccc1OCCCOc1ccc(C2(C(=O)O)CCCC2)cc1. The summed E-state index contributed by atoms with van der Waals surface area (Å²) in [7, 11) is 0. The topological polar surface area (TPSA) is 80.2 Å². The van der Waals surface area contributed by atoms with Crippen molar-refractivity contribution in [1.29, 1.82) is 0 Å². The van der Waals surface area contributed by atoms with Crippen molar-refractivity contribution in [2.75, 3.05) is 18.6 Å². The average Bonchev–Trinajstić information content (AvgIpc) is 3.67. The van der Waals surface area contributed by atoms with Gasteiger partial charge in [0.2, 0.25) is 0 Å². The predicted octanol–water partition coefficient (Wildman–Crippen LogP) is 7.57. The first-order valence-corrected chi connectivity index (χ1v) is 14.4. The third kappa shape index (κ3) is 6.31. The van der Waals surface area contributed by atoms with E-state index < -0.39 is 11.4 Å². The number of benzene rings is 2. The fourth-order valence-corrected chi connectivity index (χ4v) is 6.14. The summed E-state index contributed by atoms with van der Waals surface area (Å²) in [5, 5.41) is 16.9. The first-order valence-electron chi connectivity index (χ1n) is 13.5. The molecule has 1 unspecified atom stereocenters. The fraction of sp³-hybridized carbons (Fsp3) is 0.312. The minimum absolute atomic E-state index is 0.401. The first kappa shape index (κ1) is 26.9. The maximum Gasteiger partial charge on any atom is 0.314 e. The van der Waals surface area contributed by atoms with Crippen LogP contribution in [0.4, 0.5) is 5.69 Å². The Hall–Kier alpha value is -3.71. The number of carboxylic acid groups (broad SMARTS) is 1. The highest BCUT2D eigenvalue weighted by molar-refractivity contribution is 8.02. The Morgan fingerprint density at radius 1 is 1.08 bits per heavy atom. The van der Waals surface area contributed by atoms with E-state index in [1.54, 1.807) is 0 Å². The molecule has 3 aliphatic rings. The maximum absolute atomic E-state index is 11.9. The highest BCUT2D eigenvalue weighted by Crippen LogP contribution is 2.42. The number of rotatable bonds is 11. The Balaban J connectivity index is 1.17. The fourth-order valence-electron chi connectivity index (χ4n) is 5.21. The van der Waals surface area contributed by atoms with E-state index in [1.165, 1.54) is 5.56 Å². The monoisotopic (exact) mass is 542 g/mol. The predicted molar refractivity (Wildman–Crippen MR) is 159 cm³/mol. The van der Waals surface area contributed by atoms with Gasteiger partial charge in [0, 0.05) is 11.7 Å². The van der Waals surface area contributed by atoms with Crippen molar-refractivity contribution in [2.24, 2.45) is 5.10 Å². The van der Waals surface area contributed by atoms with Crippen LogP contribution in [0, 0.1) is 0 Å². The van der Waals surface area contributed by atoms with Gasteiger partial charge in [0.15, 0.2) is 0 Å². The lowest BCUT2D eigenvalue weighted by Gasteiger charge is -2.24. The zero-order valence-electron chi connectivity index (χ0n) is 22.0. The van der Waals surface area contributed by atoms with Crippen LogP contribution in [0.25, 0.3) is 0 Å². The normalized spacial score (nSPS) is 20.5. The second-order valence-electron chi connectivity index (χ2n) is 10.0. The number of nitrogens with one attached hydrogen (secondary N) is 1. The highest BCUT2D eigenvalue weighted by atomic mass is 32.2. The zero-order chi connectivity index (χ0) is 27.1. The lowest BCUT2D eigenvalue weighted by molar-refractivity contribution is -0.143. The van der Waals surface area contributed by atoms with E-state index in [1.807, 2.05) is 66.4 Å². The number of allylic oxidation sites excluding steroid dienone is 6. The Morgan fingerprint density at radius 2 is 1.85 bits per heavy atom. The quantitative estimate of drug-likeness (QED) is 0.225. The molecular formula is C32H34N2O4S. The number of thioether (sulfide) groups is 1. The van der Waals surface area contributed by atoms with Crippen molar-refractivity contribution in [2.45, 2.75) is 49.2 Å². The lowest BCUT2D eigenvalue weighted by Crippen LogP contribution is -2.32. The van der Waals surface area contributed by atoms with Gasteiger partial charge < -0.3 is 14.6 Å². The molecule has 1 atom stereocenters. The van der Waals surface area contributed by atoms with Crippen LogP contribution in [0.1, 0.15) is 54.9 Å². The third-order valence-electron chi connectivity index (χ3n) is 7.44. The summed E-state index contributed by atoms with van der Waals surface area (Å²) in [5.74, 6) is 0.743. The van der Waals surface area contributed by atoms with Crippen molar-refractivity contribution in [3.63, 3.8) is 0 Å². The van der Waals surface area contributed by atoms with Gasteiger partial charge in [-0.25, -0.2) is 0 Å². The molecule has 2 aromatic carbocycles. The van der Waals surface area contributed by atoms with Crippen molar-refractivity contribution < 1.29 is 19.4 Å². The van der Waals surface area contributed by atoms with Crippen LogP contribution in [0.15, 0.2) is 95.5 Å². The smallest absolute Gasteiger partial charge is 0.314 e. The lowest BCUT2D eigenvalue weighted by atomic mass is 9.79. The first-order chi connectivity index (χ1) is 19.0. The Morgan fingerprint density at radius 3 is 2.56 bits per heavy atom. The molecule has 2 aromatic rings. The molecule has 0 amide bonds. The number of aliphatic carboxylic acids is 1. The number of hydrogen-bond acceptors (Lipinski definition) is 6. The summed E-state index contributed by atoms with van der Waals surface area (Å²) in [6.07, 6.45) is 15.0. The van der Waals surface area contributed by atoms with Gasteiger partial charge in [-0.1, -0.05) is 61.9 Å². The molecule has 0 radical (unpaired) electrons. The van der Waals surface area contributed by atoms with E-state index in [4.69, 9.17) is 9.47 Å². The molecule has 7 heteroatoms. The molecule has 5 rings (SSSR count). The number of hydrogen-bond donors (Lipinski definition) is 2. The van der Waals surface area contributed by atoms with E-state index in [9.17, 15) is 9.90 Å². The molecule has 0 spiro atoms. The van der Waals surface area contributed by atoms with E-state index in [-0.39, 0.29) is 0 Å². The zero-order valence-corrected chi connectivity index (χ0v) is 22.8. The molecule has 1 fully saturated rings. The molecule has 1 heterocycles. The minimum atomic E-state index is -0.747. The van der Waals surface area contributed by atoms with Gasteiger partial charge in [0.25, 0.3) is 0 Å². The van der Waals surface area contributed by atoms with Crippen LogP contribution in [0.5, 0.6) is 11.5 Å². The van der Waals surface area contributed by atoms with E-state index >= 15 is 0 Å². The number of hydrazone groups is 1. The highest BCUT2D eigenvalue weighted by Gasteiger charge is 2.42. The molecule has 2 N–H and O–H groups in total. The van der Waals surface area contributed by atoms with Crippen molar-refractivity contribution >= 4 is 29.1 Å². The largest absolute Gasteiger partial charge is 0.493 e. The van der Waals surface area contributed by atoms with Gasteiger partial charge in [0.1, 0.15) is 11.5 Å². The molecule has 0 saturated heterocycles. The molecule has 1 saturated carbocycles. The second kappa shape index (κ2) is 12.4. The van der Waals surface area contributed by atoms with Gasteiger partial charge in [-0.3, -0.25) is 10.2 Å². The number of nitrogens with zero attached hydrogens (tertiary/aromatic N) is 1. The summed E-state index contributed by atoms with van der Waals surface area (Å²) >= 11 is 1.82. The van der Waals surface area contributed by atoms with E-state index in [0.29, 0.717) is 37.7 Å². The van der Waals surface area contributed by atoms with Crippen LogP contribution >= 0.6 is 11.8 Å². The number of carbonyl (C=O) groups is 1. The standard InChI is InChI=1S/C32H34N2O4S/c1-23-8-2-3-9-27(23)33-34-28-22-24(30-10-6-21-39-30)11-16-29(28)38-20-7-19-37-26-14-12-25(13-15-26)32(31(35)36)17-4-5-18-32/h2-3,6,8-9,11-16,21-22,30,34H,1,4-5,7,10,17-20H2,(H,35,36)/b33-27-. The Kier molecular flexibility index (Phi) is 8.57. The average molecular weight is 543 g/mol. The number of ether oxygens (including phenoxy) is 2.